The van der Waals surface area contributed by atoms with Gasteiger partial charge in [0.05, 0.1) is 0 Å². The lowest BCUT2D eigenvalue weighted by molar-refractivity contribution is 0.0914. The number of hydrogen-bond acceptors (Lipinski definition) is 2. The van der Waals surface area contributed by atoms with Gasteiger partial charge >= 0.3 is 0 Å². The van der Waals surface area contributed by atoms with E-state index in [4.69, 9.17) is 5.73 Å². The van der Waals surface area contributed by atoms with Crippen LogP contribution in [0.15, 0.2) is 0 Å². The Bertz CT molecular complexity index is 182. The van der Waals surface area contributed by atoms with Gasteiger partial charge in [-0.25, -0.2) is 0 Å². The number of piperidine rings is 1. The third kappa shape index (κ3) is 4.26. The Balaban J connectivity index is 2.27. The fourth-order valence-corrected chi connectivity index (χ4v) is 3.06. The molecule has 0 aliphatic carbocycles. The molecule has 0 aromatic carbocycles. The summed E-state index contributed by atoms with van der Waals surface area (Å²) in [4.78, 5) is 2.65. The maximum absolute atomic E-state index is 5.77. The number of likely N-dealkylation sites (tertiary alicyclic amines) is 1. The van der Waals surface area contributed by atoms with Crippen LogP contribution in [-0.4, -0.2) is 31.1 Å². The van der Waals surface area contributed by atoms with Crippen LogP contribution in [0.2, 0.25) is 0 Å². The molecule has 1 fully saturated rings. The lowest BCUT2D eigenvalue weighted by Crippen LogP contribution is -2.40. The van der Waals surface area contributed by atoms with Gasteiger partial charge in [-0.3, -0.25) is 0 Å². The van der Waals surface area contributed by atoms with Crippen LogP contribution < -0.4 is 5.73 Å². The molecule has 2 N–H and O–H groups in total. The molecule has 1 aliphatic rings. The third-order valence-electron chi connectivity index (χ3n) is 5.18. The monoisotopic (exact) mass is 240 g/mol. The van der Waals surface area contributed by atoms with Crippen molar-refractivity contribution in [3.63, 3.8) is 0 Å². The fraction of sp³-hybridized carbons (Fsp3) is 1.00. The van der Waals surface area contributed by atoms with E-state index in [1.807, 2.05) is 0 Å². The van der Waals surface area contributed by atoms with Gasteiger partial charge in [-0.2, -0.15) is 0 Å². The minimum Gasteiger partial charge on any atom is -0.330 e. The van der Waals surface area contributed by atoms with E-state index < -0.39 is 0 Å². The van der Waals surface area contributed by atoms with Crippen molar-refractivity contribution in [1.29, 1.82) is 0 Å². The van der Waals surface area contributed by atoms with E-state index in [1.165, 1.54) is 58.2 Å². The lowest BCUT2D eigenvalue weighted by atomic mass is 9.74. The third-order valence-corrected chi connectivity index (χ3v) is 5.18. The van der Waals surface area contributed by atoms with Crippen LogP contribution in [0.1, 0.15) is 59.3 Å². The second-order valence-electron chi connectivity index (χ2n) is 5.85. The van der Waals surface area contributed by atoms with Gasteiger partial charge in [-0.15, -0.1) is 0 Å². The van der Waals surface area contributed by atoms with E-state index in [0.717, 1.165) is 12.5 Å². The zero-order valence-corrected chi connectivity index (χ0v) is 12.2. The molecule has 2 nitrogen and oxygen atoms in total. The summed E-state index contributed by atoms with van der Waals surface area (Å²) in [6, 6.07) is 0. The highest BCUT2D eigenvalue weighted by Crippen LogP contribution is 2.37. The molecule has 1 unspecified atom stereocenters. The first kappa shape index (κ1) is 15.0. The number of rotatable bonds is 7. The second-order valence-corrected chi connectivity index (χ2v) is 5.85. The Kier molecular flexibility index (Phi) is 6.50. The van der Waals surface area contributed by atoms with Gasteiger partial charge in [0.2, 0.25) is 0 Å². The fourth-order valence-electron chi connectivity index (χ4n) is 3.06. The second kappa shape index (κ2) is 7.38. The van der Waals surface area contributed by atoms with E-state index in [1.54, 1.807) is 0 Å². The quantitative estimate of drug-likeness (QED) is 0.740. The lowest BCUT2D eigenvalue weighted by Gasteiger charge is -2.41. The summed E-state index contributed by atoms with van der Waals surface area (Å²) in [5, 5.41) is 0. The van der Waals surface area contributed by atoms with Gasteiger partial charge in [0.25, 0.3) is 0 Å². The van der Waals surface area contributed by atoms with Crippen molar-refractivity contribution in [3.8, 4) is 0 Å². The number of nitrogens with two attached hydrogens (primary N) is 1. The summed E-state index contributed by atoms with van der Waals surface area (Å²) in [7, 11) is 0. The van der Waals surface area contributed by atoms with Crippen LogP contribution in [-0.2, 0) is 0 Å². The van der Waals surface area contributed by atoms with Crippen LogP contribution in [0.5, 0.6) is 0 Å². The Morgan fingerprint density at radius 1 is 1.12 bits per heavy atom. The number of nitrogens with zero attached hydrogens (tertiary/aromatic N) is 1. The van der Waals surface area contributed by atoms with Crippen molar-refractivity contribution >= 4 is 0 Å². The smallest absolute Gasteiger partial charge is 0.00134 e. The van der Waals surface area contributed by atoms with Crippen molar-refractivity contribution in [2.24, 2.45) is 17.1 Å². The largest absolute Gasteiger partial charge is 0.330 e. The zero-order valence-electron chi connectivity index (χ0n) is 12.2. The molecule has 0 amide bonds. The SMILES string of the molecule is CCC(CN)CCN1CCC(CC)(CC)CC1. The molecule has 1 rings (SSSR count). The van der Waals surface area contributed by atoms with Crippen LogP contribution in [0, 0.1) is 11.3 Å². The average molecular weight is 240 g/mol. The van der Waals surface area contributed by atoms with E-state index >= 15 is 0 Å². The van der Waals surface area contributed by atoms with Crippen molar-refractivity contribution < 1.29 is 0 Å². The molecule has 0 saturated carbocycles. The molecule has 0 aromatic rings. The Morgan fingerprint density at radius 2 is 1.71 bits per heavy atom. The molecule has 17 heavy (non-hydrogen) atoms. The van der Waals surface area contributed by atoms with Gasteiger partial charge in [0.1, 0.15) is 0 Å². The van der Waals surface area contributed by atoms with Crippen LogP contribution in [0.3, 0.4) is 0 Å². The Morgan fingerprint density at radius 3 is 2.12 bits per heavy atom. The van der Waals surface area contributed by atoms with Crippen LogP contribution in [0.25, 0.3) is 0 Å². The highest BCUT2D eigenvalue weighted by molar-refractivity contribution is 4.84. The topological polar surface area (TPSA) is 29.3 Å². The van der Waals surface area contributed by atoms with Crippen molar-refractivity contribution in [2.45, 2.75) is 59.3 Å². The first-order valence-corrected chi connectivity index (χ1v) is 7.62. The van der Waals surface area contributed by atoms with Crippen molar-refractivity contribution in [1.82, 2.24) is 4.90 Å². The predicted octanol–water partition coefficient (Wildman–Crippen LogP) is 3.26. The van der Waals surface area contributed by atoms with E-state index in [0.29, 0.717) is 5.41 Å². The minimum atomic E-state index is 0.661. The molecule has 2 heteroatoms. The van der Waals surface area contributed by atoms with E-state index in [9.17, 15) is 0 Å². The summed E-state index contributed by atoms with van der Waals surface area (Å²) in [6.45, 7) is 11.7. The summed E-state index contributed by atoms with van der Waals surface area (Å²) in [5.41, 5.74) is 6.43. The minimum absolute atomic E-state index is 0.661. The van der Waals surface area contributed by atoms with Gasteiger partial charge in [-0.1, -0.05) is 40.0 Å². The summed E-state index contributed by atoms with van der Waals surface area (Å²) in [5.74, 6) is 0.735. The van der Waals surface area contributed by atoms with E-state index in [-0.39, 0.29) is 0 Å². The molecule has 102 valence electrons. The highest BCUT2D eigenvalue weighted by Gasteiger charge is 2.30. The molecule has 0 bridgehead atoms. The highest BCUT2D eigenvalue weighted by atomic mass is 15.1. The normalized spacial score (nSPS) is 22.6. The van der Waals surface area contributed by atoms with Crippen LogP contribution in [0.4, 0.5) is 0 Å². The Hall–Kier alpha value is -0.0800. The van der Waals surface area contributed by atoms with E-state index in [2.05, 4.69) is 25.7 Å². The van der Waals surface area contributed by atoms with Gasteiger partial charge < -0.3 is 10.6 Å². The maximum atomic E-state index is 5.77. The Labute approximate surface area is 108 Å². The first-order chi connectivity index (χ1) is 8.19. The van der Waals surface area contributed by atoms with Gasteiger partial charge in [0.15, 0.2) is 0 Å². The number of hydrogen-bond donors (Lipinski definition) is 1. The van der Waals surface area contributed by atoms with Crippen molar-refractivity contribution in [3.05, 3.63) is 0 Å². The molecule has 1 saturated heterocycles. The van der Waals surface area contributed by atoms with Crippen LogP contribution >= 0.6 is 0 Å². The zero-order chi connectivity index (χ0) is 12.7. The summed E-state index contributed by atoms with van der Waals surface area (Å²) < 4.78 is 0. The summed E-state index contributed by atoms with van der Waals surface area (Å²) >= 11 is 0. The van der Waals surface area contributed by atoms with Gasteiger partial charge in [-0.05, 0) is 56.8 Å². The first-order valence-electron chi connectivity index (χ1n) is 7.62. The molecule has 1 heterocycles. The molecular formula is C15H32N2. The molecule has 1 aliphatic heterocycles. The average Bonchev–Trinajstić information content (AvgIpc) is 2.41. The molecule has 0 spiro atoms. The summed E-state index contributed by atoms with van der Waals surface area (Å²) in [6.07, 6.45) is 8.05. The van der Waals surface area contributed by atoms with Gasteiger partial charge in [0, 0.05) is 0 Å². The molecular weight excluding hydrogens is 208 g/mol. The standard InChI is InChI=1S/C15H32N2/c1-4-14(13-16)7-10-17-11-8-15(5-2,6-3)9-12-17/h14H,4-13,16H2,1-3H3. The maximum Gasteiger partial charge on any atom is -0.00134 e. The molecule has 0 radical (unpaired) electrons. The molecule has 1 atom stereocenters. The molecule has 0 aromatic heterocycles. The van der Waals surface area contributed by atoms with Crippen molar-refractivity contribution in [2.75, 3.05) is 26.2 Å². The predicted molar refractivity (Wildman–Crippen MR) is 76.1 cm³/mol.